The summed E-state index contributed by atoms with van der Waals surface area (Å²) >= 11 is 0. The Morgan fingerprint density at radius 3 is 2.70 bits per heavy atom. The lowest BCUT2D eigenvalue weighted by Crippen LogP contribution is -2.33. The lowest BCUT2D eigenvalue weighted by molar-refractivity contribution is -0.122. The average Bonchev–Trinajstić information content (AvgIpc) is 2.48. The molecule has 0 aliphatic heterocycles. The molecule has 1 unspecified atom stereocenters. The van der Waals surface area contributed by atoms with E-state index in [2.05, 4.69) is 10.3 Å². The number of benzene rings is 1. The Hall–Kier alpha value is -2.40. The van der Waals surface area contributed by atoms with Crippen LogP contribution in [0.1, 0.15) is 22.7 Å². The Bertz CT molecular complexity index is 598. The van der Waals surface area contributed by atoms with Crippen LogP contribution in [0, 0.1) is 6.92 Å². The first kappa shape index (κ1) is 14.0. The number of anilines is 1. The van der Waals surface area contributed by atoms with Gasteiger partial charge in [0.2, 0.25) is 5.91 Å². The molecular formula is C15H18N4O. The van der Waals surface area contributed by atoms with Crippen LogP contribution in [0.4, 0.5) is 5.82 Å². The van der Waals surface area contributed by atoms with Gasteiger partial charge < -0.3 is 16.8 Å². The van der Waals surface area contributed by atoms with Gasteiger partial charge in [0.05, 0.1) is 0 Å². The molecule has 0 saturated carbocycles. The molecule has 1 amide bonds. The SMILES string of the molecule is Cc1cc(CNC(=O)C(N)c2ccccc2)cnc1N. The Labute approximate surface area is 118 Å². The first-order chi connectivity index (χ1) is 9.58. The zero-order valence-electron chi connectivity index (χ0n) is 11.3. The van der Waals surface area contributed by atoms with E-state index in [9.17, 15) is 4.79 Å². The fourth-order valence-corrected chi connectivity index (χ4v) is 1.85. The highest BCUT2D eigenvalue weighted by atomic mass is 16.2. The van der Waals surface area contributed by atoms with Crippen LogP contribution in [0.25, 0.3) is 0 Å². The maximum Gasteiger partial charge on any atom is 0.241 e. The number of hydrogen-bond acceptors (Lipinski definition) is 4. The topological polar surface area (TPSA) is 94.0 Å². The molecule has 0 aliphatic rings. The van der Waals surface area contributed by atoms with Gasteiger partial charge in [0, 0.05) is 12.7 Å². The van der Waals surface area contributed by atoms with Crippen molar-refractivity contribution in [1.29, 1.82) is 0 Å². The molecule has 1 aromatic carbocycles. The van der Waals surface area contributed by atoms with Gasteiger partial charge >= 0.3 is 0 Å². The van der Waals surface area contributed by atoms with Crippen molar-refractivity contribution in [3.05, 3.63) is 59.3 Å². The molecule has 1 heterocycles. The van der Waals surface area contributed by atoms with Gasteiger partial charge in [-0.2, -0.15) is 0 Å². The van der Waals surface area contributed by atoms with E-state index in [1.807, 2.05) is 43.3 Å². The van der Waals surface area contributed by atoms with Gasteiger partial charge in [-0.25, -0.2) is 4.98 Å². The molecule has 104 valence electrons. The molecule has 0 radical (unpaired) electrons. The molecule has 0 aliphatic carbocycles. The highest BCUT2D eigenvalue weighted by Crippen LogP contribution is 2.11. The van der Waals surface area contributed by atoms with E-state index in [4.69, 9.17) is 11.5 Å². The number of rotatable bonds is 4. The van der Waals surface area contributed by atoms with Crippen molar-refractivity contribution in [1.82, 2.24) is 10.3 Å². The van der Waals surface area contributed by atoms with Crippen molar-refractivity contribution in [3.63, 3.8) is 0 Å². The van der Waals surface area contributed by atoms with Gasteiger partial charge in [0.1, 0.15) is 11.9 Å². The zero-order chi connectivity index (χ0) is 14.5. The summed E-state index contributed by atoms with van der Waals surface area (Å²) in [5.41, 5.74) is 14.1. The molecule has 5 N–H and O–H groups in total. The summed E-state index contributed by atoms with van der Waals surface area (Å²) in [5.74, 6) is 0.284. The third kappa shape index (κ3) is 3.33. The van der Waals surface area contributed by atoms with Crippen molar-refractivity contribution in [2.45, 2.75) is 19.5 Å². The molecule has 0 fully saturated rings. The fourth-order valence-electron chi connectivity index (χ4n) is 1.85. The number of nitrogen functional groups attached to an aromatic ring is 1. The summed E-state index contributed by atoms with van der Waals surface area (Å²) in [4.78, 5) is 16.0. The molecular weight excluding hydrogens is 252 g/mol. The van der Waals surface area contributed by atoms with Crippen molar-refractivity contribution in [3.8, 4) is 0 Å². The number of hydrogen-bond donors (Lipinski definition) is 3. The van der Waals surface area contributed by atoms with Crippen LogP contribution in [0.5, 0.6) is 0 Å². The highest BCUT2D eigenvalue weighted by Gasteiger charge is 2.14. The predicted molar refractivity (Wildman–Crippen MR) is 78.6 cm³/mol. The lowest BCUT2D eigenvalue weighted by Gasteiger charge is -2.12. The highest BCUT2D eigenvalue weighted by molar-refractivity contribution is 5.82. The maximum absolute atomic E-state index is 12.0. The van der Waals surface area contributed by atoms with E-state index in [0.29, 0.717) is 12.4 Å². The minimum atomic E-state index is -0.668. The molecule has 20 heavy (non-hydrogen) atoms. The van der Waals surface area contributed by atoms with E-state index < -0.39 is 6.04 Å². The number of aryl methyl sites for hydroxylation is 1. The van der Waals surface area contributed by atoms with Crippen LogP contribution < -0.4 is 16.8 Å². The second-order valence-electron chi connectivity index (χ2n) is 4.65. The van der Waals surface area contributed by atoms with Crippen molar-refractivity contribution in [2.75, 3.05) is 5.73 Å². The third-order valence-corrected chi connectivity index (χ3v) is 3.08. The summed E-state index contributed by atoms with van der Waals surface area (Å²) in [6, 6.07) is 10.5. The summed E-state index contributed by atoms with van der Waals surface area (Å²) in [6.07, 6.45) is 1.65. The molecule has 0 saturated heterocycles. The number of nitrogens with one attached hydrogen (secondary N) is 1. The second kappa shape index (κ2) is 6.16. The van der Waals surface area contributed by atoms with Crippen LogP contribution in [0.15, 0.2) is 42.6 Å². The number of pyridine rings is 1. The lowest BCUT2D eigenvalue weighted by atomic mass is 10.1. The number of nitrogens with zero attached hydrogens (tertiary/aromatic N) is 1. The second-order valence-corrected chi connectivity index (χ2v) is 4.65. The molecule has 2 rings (SSSR count). The Kier molecular flexibility index (Phi) is 4.32. The van der Waals surface area contributed by atoms with E-state index in [1.165, 1.54) is 0 Å². The molecule has 5 nitrogen and oxygen atoms in total. The quantitative estimate of drug-likeness (QED) is 0.780. The van der Waals surface area contributed by atoms with Gasteiger partial charge in [-0.15, -0.1) is 0 Å². The fraction of sp³-hybridized carbons (Fsp3) is 0.200. The van der Waals surface area contributed by atoms with E-state index in [1.54, 1.807) is 6.20 Å². The normalized spacial score (nSPS) is 11.9. The van der Waals surface area contributed by atoms with Gasteiger partial charge in [0.25, 0.3) is 0 Å². The molecule has 1 aromatic heterocycles. The van der Waals surface area contributed by atoms with Crippen LogP contribution in [0.2, 0.25) is 0 Å². The van der Waals surface area contributed by atoms with E-state index in [0.717, 1.165) is 16.7 Å². The Morgan fingerprint density at radius 1 is 1.35 bits per heavy atom. The Balaban J connectivity index is 1.96. The van der Waals surface area contributed by atoms with Gasteiger partial charge in [-0.05, 0) is 29.7 Å². The number of amides is 1. The third-order valence-electron chi connectivity index (χ3n) is 3.08. The summed E-state index contributed by atoms with van der Waals surface area (Å²) in [7, 11) is 0. The molecule has 1 atom stereocenters. The van der Waals surface area contributed by atoms with Crippen molar-refractivity contribution in [2.24, 2.45) is 5.73 Å². The number of nitrogens with two attached hydrogens (primary N) is 2. The molecule has 2 aromatic rings. The van der Waals surface area contributed by atoms with E-state index in [-0.39, 0.29) is 5.91 Å². The van der Waals surface area contributed by atoms with Gasteiger partial charge in [0.15, 0.2) is 0 Å². The molecule has 0 spiro atoms. The summed E-state index contributed by atoms with van der Waals surface area (Å²) in [5, 5.41) is 2.80. The minimum Gasteiger partial charge on any atom is -0.383 e. The summed E-state index contributed by atoms with van der Waals surface area (Å²) < 4.78 is 0. The van der Waals surface area contributed by atoms with Crippen molar-refractivity contribution >= 4 is 11.7 Å². The zero-order valence-corrected chi connectivity index (χ0v) is 11.3. The standard InChI is InChI=1S/C15H18N4O/c1-10-7-11(8-18-14(10)17)9-19-15(20)13(16)12-5-3-2-4-6-12/h2-8,13H,9,16H2,1H3,(H2,17,18)(H,19,20). The van der Waals surface area contributed by atoms with Crippen LogP contribution in [0.3, 0.4) is 0 Å². The monoisotopic (exact) mass is 270 g/mol. The molecule has 5 heteroatoms. The first-order valence-corrected chi connectivity index (χ1v) is 6.37. The Morgan fingerprint density at radius 2 is 2.05 bits per heavy atom. The summed E-state index contributed by atoms with van der Waals surface area (Å²) in [6.45, 7) is 2.26. The smallest absolute Gasteiger partial charge is 0.241 e. The first-order valence-electron chi connectivity index (χ1n) is 6.37. The van der Waals surface area contributed by atoms with Crippen LogP contribution >= 0.6 is 0 Å². The largest absolute Gasteiger partial charge is 0.383 e. The number of aromatic nitrogens is 1. The minimum absolute atomic E-state index is 0.217. The number of carbonyl (C=O) groups excluding carboxylic acids is 1. The maximum atomic E-state index is 12.0. The predicted octanol–water partition coefficient (Wildman–Crippen LogP) is 1.29. The van der Waals surface area contributed by atoms with Crippen molar-refractivity contribution < 1.29 is 4.79 Å². The van der Waals surface area contributed by atoms with Crippen LogP contribution in [-0.2, 0) is 11.3 Å². The van der Waals surface area contributed by atoms with E-state index >= 15 is 0 Å². The van der Waals surface area contributed by atoms with Gasteiger partial charge in [-0.1, -0.05) is 30.3 Å². The number of carbonyl (C=O) groups is 1. The molecule has 0 bridgehead atoms. The average molecular weight is 270 g/mol. The van der Waals surface area contributed by atoms with Gasteiger partial charge in [-0.3, -0.25) is 4.79 Å². The van der Waals surface area contributed by atoms with Crippen LogP contribution in [-0.4, -0.2) is 10.9 Å².